The number of nitrogens with zero attached hydrogens (tertiary/aromatic N) is 4. The van der Waals surface area contributed by atoms with Gasteiger partial charge in [0.25, 0.3) is 5.56 Å². The van der Waals surface area contributed by atoms with E-state index in [1.54, 1.807) is 18.0 Å². The Morgan fingerprint density at radius 3 is 2.44 bits per heavy atom. The van der Waals surface area contributed by atoms with Gasteiger partial charge in [0.1, 0.15) is 6.54 Å². The van der Waals surface area contributed by atoms with Crippen LogP contribution in [-0.2, 0) is 20.9 Å². The second-order valence-corrected chi connectivity index (χ2v) is 8.15. The van der Waals surface area contributed by atoms with E-state index in [2.05, 4.69) is 5.10 Å². The highest BCUT2D eigenvalue weighted by molar-refractivity contribution is 5.88. The first-order valence-corrected chi connectivity index (χ1v) is 11.0. The molecule has 0 saturated carbocycles. The Morgan fingerprint density at radius 1 is 1.09 bits per heavy atom. The number of fused-ring (bicyclic) bond motifs is 1. The number of likely N-dealkylation sites (tertiary alicyclic amines) is 1. The van der Waals surface area contributed by atoms with E-state index in [1.807, 2.05) is 48.7 Å². The molecule has 0 bridgehead atoms. The number of rotatable bonds is 5. The fourth-order valence-corrected chi connectivity index (χ4v) is 4.46. The molecule has 1 aliphatic rings. The predicted molar refractivity (Wildman–Crippen MR) is 121 cm³/mol. The zero-order chi connectivity index (χ0) is 22.8. The van der Waals surface area contributed by atoms with Gasteiger partial charge in [-0.15, -0.1) is 0 Å². The number of ether oxygens (including phenoxy) is 1. The smallest absolute Gasteiger partial charge is 0.309 e. The summed E-state index contributed by atoms with van der Waals surface area (Å²) in [6.45, 7) is 7.16. The minimum absolute atomic E-state index is 0.0184. The van der Waals surface area contributed by atoms with E-state index in [0.29, 0.717) is 43.6 Å². The summed E-state index contributed by atoms with van der Waals surface area (Å²) in [5, 5.41) is 5.69. The topological polar surface area (TPSA) is 86.4 Å². The molecule has 1 amide bonds. The van der Waals surface area contributed by atoms with E-state index in [9.17, 15) is 14.4 Å². The van der Waals surface area contributed by atoms with Crippen molar-refractivity contribution in [3.63, 3.8) is 0 Å². The molecule has 8 nitrogen and oxygen atoms in total. The first-order valence-electron chi connectivity index (χ1n) is 11.0. The van der Waals surface area contributed by atoms with Crippen LogP contribution in [-0.4, -0.2) is 50.8 Å². The van der Waals surface area contributed by atoms with Crippen molar-refractivity contribution in [2.24, 2.45) is 5.92 Å². The third kappa shape index (κ3) is 3.92. The maximum atomic E-state index is 13.2. The Morgan fingerprint density at radius 2 is 1.78 bits per heavy atom. The highest BCUT2D eigenvalue weighted by Crippen LogP contribution is 2.24. The molecule has 1 fully saturated rings. The molecule has 1 aromatic carbocycles. The number of hydrogen-bond donors (Lipinski definition) is 0. The van der Waals surface area contributed by atoms with Gasteiger partial charge in [0.2, 0.25) is 5.91 Å². The average molecular weight is 437 g/mol. The Bertz CT molecular complexity index is 1200. The second kappa shape index (κ2) is 8.98. The number of aromatic nitrogens is 3. The molecule has 3 heterocycles. The lowest BCUT2D eigenvalue weighted by Gasteiger charge is -2.31. The fraction of sp³-hybridized carbons (Fsp3) is 0.417. The summed E-state index contributed by atoms with van der Waals surface area (Å²) in [6.07, 6.45) is 2.92. The summed E-state index contributed by atoms with van der Waals surface area (Å²) >= 11 is 0. The lowest BCUT2D eigenvalue weighted by atomic mass is 9.97. The summed E-state index contributed by atoms with van der Waals surface area (Å²) < 4.78 is 8.39. The molecule has 0 aliphatic carbocycles. The number of piperidine rings is 1. The molecule has 168 valence electrons. The van der Waals surface area contributed by atoms with Crippen LogP contribution in [0.1, 0.15) is 31.2 Å². The summed E-state index contributed by atoms with van der Waals surface area (Å²) in [4.78, 5) is 40.0. The maximum absolute atomic E-state index is 13.2. The van der Waals surface area contributed by atoms with E-state index >= 15 is 0 Å². The molecule has 1 aliphatic heterocycles. The van der Waals surface area contributed by atoms with Crippen LogP contribution in [0.4, 0.5) is 0 Å². The normalized spacial score (nSPS) is 14.7. The first kappa shape index (κ1) is 21.8. The van der Waals surface area contributed by atoms with Crippen LogP contribution in [0, 0.1) is 19.8 Å². The lowest BCUT2D eigenvalue weighted by molar-refractivity contribution is -0.151. The molecule has 3 aromatic rings. The number of para-hydroxylation sites is 1. The number of hydrogen-bond acceptors (Lipinski definition) is 5. The Hall–Kier alpha value is -3.42. The minimum Gasteiger partial charge on any atom is -0.466 e. The maximum Gasteiger partial charge on any atom is 0.309 e. The van der Waals surface area contributed by atoms with Crippen LogP contribution in [0.25, 0.3) is 16.5 Å². The van der Waals surface area contributed by atoms with E-state index in [-0.39, 0.29) is 29.9 Å². The van der Waals surface area contributed by atoms with Crippen molar-refractivity contribution in [2.75, 3.05) is 19.7 Å². The van der Waals surface area contributed by atoms with E-state index in [0.717, 1.165) is 16.8 Å². The van der Waals surface area contributed by atoms with Gasteiger partial charge >= 0.3 is 5.97 Å². The molecule has 0 atom stereocenters. The standard InChI is InChI=1S/C24H28N4O4/c1-4-32-24(31)18-10-12-26(13-11-18)21(29)15-27-16(2)20-14-25-28(19-8-6-5-7-9-19)23(30)22(20)17(27)3/h5-9,14,18H,4,10-13,15H2,1-3H3. The van der Waals surface area contributed by atoms with E-state index in [4.69, 9.17) is 4.74 Å². The quantitative estimate of drug-likeness (QED) is 0.574. The van der Waals surface area contributed by atoms with Crippen LogP contribution in [0.15, 0.2) is 41.3 Å². The van der Waals surface area contributed by atoms with Gasteiger partial charge in [-0.3, -0.25) is 14.4 Å². The number of benzene rings is 1. The third-order valence-electron chi connectivity index (χ3n) is 6.30. The Labute approximate surface area is 186 Å². The number of amides is 1. The van der Waals surface area contributed by atoms with Gasteiger partial charge in [0.05, 0.1) is 29.8 Å². The summed E-state index contributed by atoms with van der Waals surface area (Å²) in [5.74, 6) is -0.334. The summed E-state index contributed by atoms with van der Waals surface area (Å²) in [5.41, 5.74) is 2.10. The zero-order valence-corrected chi connectivity index (χ0v) is 18.7. The van der Waals surface area contributed by atoms with Crippen molar-refractivity contribution < 1.29 is 14.3 Å². The molecular formula is C24H28N4O4. The molecule has 0 N–H and O–H groups in total. The van der Waals surface area contributed by atoms with Crippen LogP contribution >= 0.6 is 0 Å². The fourth-order valence-electron chi connectivity index (χ4n) is 4.46. The molecule has 32 heavy (non-hydrogen) atoms. The van der Waals surface area contributed by atoms with E-state index in [1.165, 1.54) is 4.68 Å². The van der Waals surface area contributed by atoms with Crippen LogP contribution < -0.4 is 5.56 Å². The van der Waals surface area contributed by atoms with Crippen molar-refractivity contribution >= 4 is 22.6 Å². The molecule has 1 saturated heterocycles. The molecule has 8 heteroatoms. The Kier molecular flexibility index (Phi) is 6.12. The number of carbonyl (C=O) groups excluding carboxylic acids is 2. The van der Waals surface area contributed by atoms with Crippen LogP contribution in [0.3, 0.4) is 0 Å². The summed E-state index contributed by atoms with van der Waals surface area (Å²) in [7, 11) is 0. The second-order valence-electron chi connectivity index (χ2n) is 8.15. The SMILES string of the molecule is CCOC(=O)C1CCN(C(=O)Cn2c(C)c3cnn(-c4ccccc4)c(=O)c3c2C)CC1. The van der Waals surface area contributed by atoms with Gasteiger partial charge in [0, 0.05) is 29.9 Å². The van der Waals surface area contributed by atoms with Crippen molar-refractivity contribution in [3.05, 3.63) is 58.3 Å². The molecule has 4 rings (SSSR count). The zero-order valence-electron chi connectivity index (χ0n) is 18.7. The number of esters is 1. The van der Waals surface area contributed by atoms with E-state index < -0.39 is 0 Å². The van der Waals surface area contributed by atoms with Crippen LogP contribution in [0.5, 0.6) is 0 Å². The lowest BCUT2D eigenvalue weighted by Crippen LogP contribution is -2.42. The Balaban J connectivity index is 1.56. The van der Waals surface area contributed by atoms with Crippen LogP contribution in [0.2, 0.25) is 0 Å². The monoisotopic (exact) mass is 436 g/mol. The largest absolute Gasteiger partial charge is 0.466 e. The molecule has 0 unspecified atom stereocenters. The van der Waals surface area contributed by atoms with Gasteiger partial charge in [-0.05, 0) is 45.7 Å². The van der Waals surface area contributed by atoms with Crippen molar-refractivity contribution in [1.29, 1.82) is 0 Å². The van der Waals surface area contributed by atoms with Gasteiger partial charge in [-0.25, -0.2) is 0 Å². The van der Waals surface area contributed by atoms with Gasteiger partial charge in [-0.2, -0.15) is 9.78 Å². The van der Waals surface area contributed by atoms with Crippen molar-refractivity contribution in [3.8, 4) is 5.69 Å². The van der Waals surface area contributed by atoms with Crippen molar-refractivity contribution in [1.82, 2.24) is 19.2 Å². The molecule has 2 aromatic heterocycles. The highest BCUT2D eigenvalue weighted by atomic mass is 16.5. The molecule has 0 radical (unpaired) electrons. The average Bonchev–Trinajstić information content (AvgIpc) is 3.05. The van der Waals surface area contributed by atoms with Gasteiger partial charge < -0.3 is 14.2 Å². The summed E-state index contributed by atoms with van der Waals surface area (Å²) in [6, 6.07) is 9.28. The highest BCUT2D eigenvalue weighted by Gasteiger charge is 2.29. The molecule has 0 spiro atoms. The van der Waals surface area contributed by atoms with Gasteiger partial charge in [0.15, 0.2) is 0 Å². The third-order valence-corrected chi connectivity index (χ3v) is 6.30. The molecular weight excluding hydrogens is 408 g/mol. The number of carbonyl (C=O) groups is 2. The minimum atomic E-state index is -0.198. The van der Waals surface area contributed by atoms with Gasteiger partial charge in [-0.1, -0.05) is 18.2 Å². The number of aryl methyl sites for hydroxylation is 2. The first-order chi connectivity index (χ1) is 15.4. The van der Waals surface area contributed by atoms with Crippen molar-refractivity contribution in [2.45, 2.75) is 40.2 Å². The predicted octanol–water partition coefficient (Wildman–Crippen LogP) is 2.61.